The molecule has 0 N–H and O–H groups in total. The van der Waals surface area contributed by atoms with Gasteiger partial charge in [-0.3, -0.25) is 0 Å². The van der Waals surface area contributed by atoms with Crippen molar-refractivity contribution >= 4 is 22.4 Å². The molecule has 0 radical (unpaired) electrons. The molecule has 0 atom stereocenters. The van der Waals surface area contributed by atoms with E-state index in [0.29, 0.717) is 5.95 Å². The van der Waals surface area contributed by atoms with E-state index in [-0.39, 0.29) is 0 Å². The van der Waals surface area contributed by atoms with Crippen molar-refractivity contribution in [3.8, 4) is 5.95 Å². The third kappa shape index (κ3) is 2.68. The Morgan fingerprint density at radius 2 is 1.88 bits per heavy atom. The maximum atomic E-state index is 4.73. The van der Waals surface area contributed by atoms with Crippen LogP contribution in [0.4, 0.5) is 11.5 Å². The smallest absolute Gasteiger partial charge is 0.253 e. The van der Waals surface area contributed by atoms with E-state index < -0.39 is 0 Å². The lowest BCUT2D eigenvalue weighted by Crippen LogP contribution is -2.29. The van der Waals surface area contributed by atoms with Crippen LogP contribution in [0, 0.1) is 0 Å². The van der Waals surface area contributed by atoms with Crippen molar-refractivity contribution in [1.82, 2.24) is 19.7 Å². The minimum atomic E-state index is 0.599. The van der Waals surface area contributed by atoms with Gasteiger partial charge in [0.2, 0.25) is 0 Å². The SMILES string of the molecule is CN(C)c1nc(-n2cccn2)nc2ccc(N3CCCCC3)cc12. The van der Waals surface area contributed by atoms with Gasteiger partial charge >= 0.3 is 0 Å². The second-order valence-corrected chi connectivity index (χ2v) is 6.44. The van der Waals surface area contributed by atoms with Crippen molar-refractivity contribution in [2.24, 2.45) is 0 Å². The summed E-state index contributed by atoms with van der Waals surface area (Å²) >= 11 is 0. The molecule has 6 nitrogen and oxygen atoms in total. The summed E-state index contributed by atoms with van der Waals surface area (Å²) in [6.07, 6.45) is 7.48. The van der Waals surface area contributed by atoms with E-state index in [4.69, 9.17) is 9.97 Å². The van der Waals surface area contributed by atoms with E-state index in [1.54, 1.807) is 10.9 Å². The van der Waals surface area contributed by atoms with Crippen LogP contribution < -0.4 is 9.80 Å². The van der Waals surface area contributed by atoms with Gasteiger partial charge in [-0.2, -0.15) is 10.1 Å². The van der Waals surface area contributed by atoms with Gasteiger partial charge in [0, 0.05) is 50.7 Å². The lowest BCUT2D eigenvalue weighted by atomic mass is 10.1. The van der Waals surface area contributed by atoms with Gasteiger partial charge in [0.1, 0.15) is 5.82 Å². The Hall–Kier alpha value is -2.63. The van der Waals surface area contributed by atoms with Crippen molar-refractivity contribution in [1.29, 1.82) is 0 Å². The first-order valence-electron chi connectivity index (χ1n) is 8.46. The van der Waals surface area contributed by atoms with Crippen molar-refractivity contribution in [2.45, 2.75) is 19.3 Å². The van der Waals surface area contributed by atoms with Gasteiger partial charge in [0.15, 0.2) is 0 Å². The molecule has 0 saturated carbocycles. The van der Waals surface area contributed by atoms with E-state index in [9.17, 15) is 0 Å². The Bertz CT molecular complexity index is 834. The molecule has 1 saturated heterocycles. The molecular formula is C18H22N6. The van der Waals surface area contributed by atoms with E-state index in [1.165, 1.54) is 24.9 Å². The molecule has 1 aromatic carbocycles. The Kier molecular flexibility index (Phi) is 3.80. The molecule has 124 valence electrons. The number of rotatable bonds is 3. The van der Waals surface area contributed by atoms with Crippen LogP contribution in [-0.2, 0) is 0 Å². The highest BCUT2D eigenvalue weighted by molar-refractivity contribution is 5.92. The van der Waals surface area contributed by atoms with Gasteiger partial charge in [-0.05, 0) is 43.5 Å². The summed E-state index contributed by atoms with van der Waals surface area (Å²) in [7, 11) is 4.03. The fourth-order valence-electron chi connectivity index (χ4n) is 3.27. The van der Waals surface area contributed by atoms with Gasteiger partial charge in [-0.25, -0.2) is 9.67 Å². The van der Waals surface area contributed by atoms with Gasteiger partial charge in [-0.1, -0.05) is 0 Å². The standard InChI is InChI=1S/C18H22N6/c1-22(2)17-15-13-14(23-10-4-3-5-11-23)7-8-16(15)20-18(21-17)24-12-6-9-19-24/h6-9,12-13H,3-5,10-11H2,1-2H3. The quantitative estimate of drug-likeness (QED) is 0.742. The van der Waals surface area contributed by atoms with Crippen LogP contribution in [0.15, 0.2) is 36.7 Å². The zero-order chi connectivity index (χ0) is 16.5. The first kappa shape index (κ1) is 14.9. The van der Waals surface area contributed by atoms with Crippen molar-refractivity contribution in [3.05, 3.63) is 36.7 Å². The molecule has 3 aromatic rings. The molecular weight excluding hydrogens is 300 g/mol. The highest BCUT2D eigenvalue weighted by Crippen LogP contribution is 2.29. The summed E-state index contributed by atoms with van der Waals surface area (Å²) in [6.45, 7) is 2.27. The number of piperidine rings is 1. The van der Waals surface area contributed by atoms with Gasteiger partial charge in [-0.15, -0.1) is 0 Å². The fourth-order valence-corrected chi connectivity index (χ4v) is 3.27. The molecule has 1 aliphatic heterocycles. The molecule has 24 heavy (non-hydrogen) atoms. The number of anilines is 2. The Morgan fingerprint density at radius 1 is 1.04 bits per heavy atom. The minimum Gasteiger partial charge on any atom is -0.372 e. The van der Waals surface area contributed by atoms with E-state index in [2.05, 4.69) is 28.2 Å². The van der Waals surface area contributed by atoms with Crippen LogP contribution in [0.1, 0.15) is 19.3 Å². The molecule has 1 fully saturated rings. The molecule has 0 amide bonds. The number of hydrogen-bond acceptors (Lipinski definition) is 5. The van der Waals surface area contributed by atoms with Crippen LogP contribution in [-0.4, -0.2) is 46.9 Å². The Morgan fingerprint density at radius 3 is 2.58 bits per heavy atom. The monoisotopic (exact) mass is 322 g/mol. The summed E-state index contributed by atoms with van der Waals surface area (Å²) in [5.74, 6) is 1.52. The third-order valence-electron chi connectivity index (χ3n) is 4.50. The summed E-state index contributed by atoms with van der Waals surface area (Å²) in [4.78, 5) is 13.9. The fraction of sp³-hybridized carbons (Fsp3) is 0.389. The number of aromatic nitrogens is 4. The average Bonchev–Trinajstić information content (AvgIpc) is 3.15. The number of fused-ring (bicyclic) bond motifs is 1. The largest absolute Gasteiger partial charge is 0.372 e. The molecule has 0 unspecified atom stereocenters. The van der Waals surface area contributed by atoms with E-state index >= 15 is 0 Å². The predicted molar refractivity (Wildman–Crippen MR) is 97.1 cm³/mol. The summed E-state index contributed by atoms with van der Waals surface area (Å²) in [5.41, 5.74) is 2.21. The first-order chi connectivity index (χ1) is 11.7. The molecule has 2 aromatic heterocycles. The molecule has 0 spiro atoms. The molecule has 0 aliphatic carbocycles. The zero-order valence-electron chi connectivity index (χ0n) is 14.2. The molecule has 6 heteroatoms. The van der Waals surface area contributed by atoms with Crippen LogP contribution in [0.25, 0.3) is 16.9 Å². The van der Waals surface area contributed by atoms with Crippen LogP contribution in [0.5, 0.6) is 0 Å². The van der Waals surface area contributed by atoms with Gasteiger partial charge in [0.25, 0.3) is 5.95 Å². The summed E-state index contributed by atoms with van der Waals surface area (Å²) in [5, 5.41) is 5.33. The minimum absolute atomic E-state index is 0.599. The van der Waals surface area contributed by atoms with Crippen LogP contribution in [0.3, 0.4) is 0 Å². The number of nitrogens with zero attached hydrogens (tertiary/aromatic N) is 6. The molecule has 4 rings (SSSR count). The summed E-state index contributed by atoms with van der Waals surface area (Å²) in [6, 6.07) is 8.37. The third-order valence-corrected chi connectivity index (χ3v) is 4.50. The molecule has 3 heterocycles. The van der Waals surface area contributed by atoms with Crippen LogP contribution in [0.2, 0.25) is 0 Å². The number of hydrogen-bond donors (Lipinski definition) is 0. The summed E-state index contributed by atoms with van der Waals surface area (Å²) < 4.78 is 1.70. The Balaban J connectivity index is 1.83. The first-order valence-corrected chi connectivity index (χ1v) is 8.46. The second-order valence-electron chi connectivity index (χ2n) is 6.44. The maximum absolute atomic E-state index is 4.73. The zero-order valence-corrected chi connectivity index (χ0v) is 14.2. The van der Waals surface area contributed by atoms with Crippen molar-refractivity contribution in [3.63, 3.8) is 0 Å². The second kappa shape index (κ2) is 6.11. The lowest BCUT2D eigenvalue weighted by Gasteiger charge is -2.29. The predicted octanol–water partition coefficient (Wildman–Crippen LogP) is 2.87. The van der Waals surface area contributed by atoms with Crippen LogP contribution >= 0.6 is 0 Å². The van der Waals surface area contributed by atoms with Crippen molar-refractivity contribution < 1.29 is 0 Å². The highest BCUT2D eigenvalue weighted by atomic mass is 15.3. The van der Waals surface area contributed by atoms with E-state index in [0.717, 1.165) is 29.8 Å². The average molecular weight is 322 g/mol. The van der Waals surface area contributed by atoms with E-state index in [1.807, 2.05) is 31.3 Å². The molecule has 0 bridgehead atoms. The number of benzene rings is 1. The lowest BCUT2D eigenvalue weighted by molar-refractivity contribution is 0.578. The maximum Gasteiger partial charge on any atom is 0.253 e. The topological polar surface area (TPSA) is 50.1 Å². The highest BCUT2D eigenvalue weighted by Gasteiger charge is 2.15. The van der Waals surface area contributed by atoms with Crippen molar-refractivity contribution in [2.75, 3.05) is 37.0 Å². The normalized spacial score (nSPS) is 15.0. The van der Waals surface area contributed by atoms with Gasteiger partial charge < -0.3 is 9.80 Å². The Labute approximate surface area is 141 Å². The van der Waals surface area contributed by atoms with Gasteiger partial charge in [0.05, 0.1) is 5.52 Å². The molecule has 1 aliphatic rings.